The summed E-state index contributed by atoms with van der Waals surface area (Å²) in [5.74, 6) is 1.02. The number of halogens is 1. The van der Waals surface area contributed by atoms with Crippen LogP contribution in [0.2, 0.25) is 4.34 Å². The fraction of sp³-hybridized carbons (Fsp3) is 0.280. The number of aromatic nitrogens is 2. The average molecular weight is 546 g/mol. The maximum atomic E-state index is 12.9. The van der Waals surface area contributed by atoms with E-state index in [1.54, 1.807) is 26.3 Å². The second-order valence-corrected chi connectivity index (χ2v) is 11.8. The molecule has 4 rings (SSSR count). The van der Waals surface area contributed by atoms with Crippen molar-refractivity contribution in [3.63, 3.8) is 0 Å². The van der Waals surface area contributed by atoms with Crippen molar-refractivity contribution in [3.05, 3.63) is 70.1 Å². The van der Waals surface area contributed by atoms with Gasteiger partial charge in [0.15, 0.2) is 16.8 Å². The first-order chi connectivity index (χ1) is 17.2. The Morgan fingerprint density at radius 2 is 1.92 bits per heavy atom. The molecular formula is C25H28ClN5O3S2. The first-order valence-corrected chi connectivity index (χ1v) is 13.6. The molecule has 0 radical (unpaired) electrons. The van der Waals surface area contributed by atoms with Crippen LogP contribution in [-0.2, 0) is 28.9 Å². The van der Waals surface area contributed by atoms with Crippen molar-refractivity contribution in [1.29, 1.82) is 0 Å². The number of ether oxygens (including phenoxy) is 1. The highest BCUT2D eigenvalue weighted by Gasteiger charge is 2.24. The Morgan fingerprint density at radius 1 is 1.17 bits per heavy atom. The number of carbonyl (C=O) groups is 1. The number of methoxy groups -OCH3 is 1. The van der Waals surface area contributed by atoms with Gasteiger partial charge < -0.3 is 15.4 Å². The zero-order chi connectivity index (χ0) is 25.9. The van der Waals surface area contributed by atoms with Crippen molar-refractivity contribution in [2.24, 2.45) is 0 Å². The summed E-state index contributed by atoms with van der Waals surface area (Å²) in [4.78, 5) is 12.4. The summed E-state index contributed by atoms with van der Waals surface area (Å²) >= 11 is 7.27. The Hall–Kier alpha value is -2.92. The number of anilines is 1. The van der Waals surface area contributed by atoms with Crippen LogP contribution in [-0.4, -0.2) is 39.6 Å². The molecular weight excluding hydrogens is 518 g/mol. The number of carbonyl (C=O) groups excluding carboxylic acids is 1. The van der Waals surface area contributed by atoms with Gasteiger partial charge in [0.1, 0.15) is 9.96 Å². The smallest absolute Gasteiger partial charge is 0.239 e. The Labute approximate surface area is 221 Å². The molecule has 36 heavy (non-hydrogen) atoms. The lowest BCUT2D eigenvalue weighted by Gasteiger charge is -2.22. The van der Waals surface area contributed by atoms with Crippen LogP contribution in [0.5, 0.6) is 5.75 Å². The molecule has 0 saturated heterocycles. The van der Waals surface area contributed by atoms with Crippen molar-refractivity contribution in [2.45, 2.75) is 36.7 Å². The van der Waals surface area contributed by atoms with Crippen LogP contribution in [0.25, 0.3) is 10.9 Å². The summed E-state index contributed by atoms with van der Waals surface area (Å²) < 4.78 is 24.5. The molecule has 3 N–H and O–H groups in total. The minimum atomic E-state index is -1.52. The van der Waals surface area contributed by atoms with Crippen molar-refractivity contribution >= 4 is 56.6 Å². The molecule has 2 heterocycles. The number of benzene rings is 2. The van der Waals surface area contributed by atoms with E-state index in [2.05, 4.69) is 15.4 Å². The molecule has 190 valence electrons. The van der Waals surface area contributed by atoms with E-state index in [0.29, 0.717) is 33.2 Å². The Kier molecular flexibility index (Phi) is 7.99. The standard InChI is InChI=1S/C25H28ClN5O3S2/c1-25(2,27-3)24(32)28-14-16-7-5-8-17(13-16)15-31-18-9-6-10-19(34-4)22(18)23(29-31)30-36(33)21-12-11-20(26)35-21/h5-13,27H,14-15H2,1-4H3,(H,28,32)(H,29,30). The van der Waals surface area contributed by atoms with E-state index in [1.165, 1.54) is 11.3 Å². The van der Waals surface area contributed by atoms with Gasteiger partial charge in [0.05, 0.1) is 34.4 Å². The summed E-state index contributed by atoms with van der Waals surface area (Å²) in [6.07, 6.45) is 0. The molecule has 0 spiro atoms. The Bertz CT molecular complexity index is 1420. The number of nitrogens with one attached hydrogen (secondary N) is 3. The van der Waals surface area contributed by atoms with E-state index < -0.39 is 16.5 Å². The molecule has 4 aromatic rings. The second-order valence-electron chi connectivity index (χ2n) is 8.67. The summed E-state index contributed by atoms with van der Waals surface area (Å²) in [5.41, 5.74) is 2.19. The fourth-order valence-corrected chi connectivity index (χ4v) is 5.84. The minimum Gasteiger partial charge on any atom is -0.496 e. The maximum Gasteiger partial charge on any atom is 0.239 e. The molecule has 0 aliphatic carbocycles. The molecule has 0 aliphatic heterocycles. The number of hydrogen-bond donors (Lipinski definition) is 3. The van der Waals surface area contributed by atoms with Gasteiger partial charge in [0.25, 0.3) is 0 Å². The molecule has 0 aliphatic rings. The number of likely N-dealkylation sites (N-methyl/N-ethyl adjacent to an activating group) is 1. The molecule has 0 bridgehead atoms. The normalized spacial score (nSPS) is 12.5. The van der Waals surface area contributed by atoms with Gasteiger partial charge in [-0.3, -0.25) is 14.2 Å². The highest BCUT2D eigenvalue weighted by molar-refractivity contribution is 7.88. The topological polar surface area (TPSA) is 97.3 Å². The van der Waals surface area contributed by atoms with E-state index in [0.717, 1.165) is 22.0 Å². The predicted molar refractivity (Wildman–Crippen MR) is 146 cm³/mol. The van der Waals surface area contributed by atoms with Crippen LogP contribution >= 0.6 is 22.9 Å². The number of fused-ring (bicyclic) bond motifs is 1. The first-order valence-electron chi connectivity index (χ1n) is 11.2. The summed E-state index contributed by atoms with van der Waals surface area (Å²) in [7, 11) is 1.83. The Morgan fingerprint density at radius 3 is 2.61 bits per heavy atom. The van der Waals surface area contributed by atoms with E-state index in [1.807, 2.05) is 61.0 Å². The van der Waals surface area contributed by atoms with Gasteiger partial charge in [0, 0.05) is 6.54 Å². The Balaban J connectivity index is 1.60. The number of thiophene rings is 1. The number of rotatable bonds is 10. The summed E-state index contributed by atoms with van der Waals surface area (Å²) in [5, 5.41) is 11.5. The highest BCUT2D eigenvalue weighted by Crippen LogP contribution is 2.34. The highest BCUT2D eigenvalue weighted by atomic mass is 35.5. The molecule has 2 aromatic heterocycles. The lowest BCUT2D eigenvalue weighted by atomic mass is 10.0. The molecule has 1 atom stereocenters. The monoisotopic (exact) mass is 545 g/mol. The number of hydrogen-bond acceptors (Lipinski definition) is 6. The lowest BCUT2D eigenvalue weighted by molar-refractivity contribution is -0.126. The minimum absolute atomic E-state index is 0.0729. The lowest BCUT2D eigenvalue weighted by Crippen LogP contribution is -2.50. The molecule has 1 amide bonds. The van der Waals surface area contributed by atoms with Gasteiger partial charge in [-0.25, -0.2) is 4.21 Å². The number of nitrogens with zero attached hydrogens (tertiary/aromatic N) is 2. The van der Waals surface area contributed by atoms with Crippen LogP contribution in [0.1, 0.15) is 25.0 Å². The quantitative estimate of drug-likeness (QED) is 0.271. The number of amides is 1. The van der Waals surface area contributed by atoms with E-state index in [-0.39, 0.29) is 5.91 Å². The zero-order valence-electron chi connectivity index (χ0n) is 20.4. The van der Waals surface area contributed by atoms with Crippen molar-refractivity contribution < 1.29 is 13.7 Å². The van der Waals surface area contributed by atoms with Gasteiger partial charge in [-0.15, -0.1) is 11.3 Å². The largest absolute Gasteiger partial charge is 0.496 e. The van der Waals surface area contributed by atoms with E-state index in [4.69, 9.17) is 21.4 Å². The van der Waals surface area contributed by atoms with Gasteiger partial charge in [-0.1, -0.05) is 41.9 Å². The molecule has 8 nitrogen and oxygen atoms in total. The third-order valence-electron chi connectivity index (χ3n) is 5.85. The van der Waals surface area contributed by atoms with Gasteiger partial charge >= 0.3 is 0 Å². The van der Waals surface area contributed by atoms with Crippen LogP contribution in [0.3, 0.4) is 0 Å². The van der Waals surface area contributed by atoms with Gasteiger partial charge in [-0.2, -0.15) is 5.10 Å². The average Bonchev–Trinajstić information content (AvgIpc) is 3.46. The SMILES string of the molecule is CNC(C)(C)C(=O)NCc1cccc(Cn2nc(NS(=O)c3ccc(Cl)s3)c3c(OC)cccc32)c1. The zero-order valence-corrected chi connectivity index (χ0v) is 22.8. The van der Waals surface area contributed by atoms with Gasteiger partial charge in [0.2, 0.25) is 5.91 Å². The van der Waals surface area contributed by atoms with Crippen LogP contribution in [0.15, 0.2) is 58.8 Å². The van der Waals surface area contributed by atoms with Crippen LogP contribution in [0.4, 0.5) is 5.82 Å². The van der Waals surface area contributed by atoms with E-state index >= 15 is 0 Å². The molecule has 1 unspecified atom stereocenters. The van der Waals surface area contributed by atoms with Crippen molar-refractivity contribution in [1.82, 2.24) is 20.4 Å². The third-order valence-corrected chi connectivity index (χ3v) is 8.46. The van der Waals surface area contributed by atoms with Crippen molar-refractivity contribution in [3.8, 4) is 5.75 Å². The second kappa shape index (κ2) is 11.0. The van der Waals surface area contributed by atoms with E-state index in [9.17, 15) is 9.00 Å². The molecule has 11 heteroatoms. The maximum absolute atomic E-state index is 12.9. The summed E-state index contributed by atoms with van der Waals surface area (Å²) in [6.45, 7) is 4.57. The molecule has 2 aromatic carbocycles. The molecule has 0 fully saturated rings. The first kappa shape index (κ1) is 26.2. The fourth-order valence-electron chi connectivity index (χ4n) is 3.62. The summed E-state index contributed by atoms with van der Waals surface area (Å²) in [6, 6.07) is 17.1. The van der Waals surface area contributed by atoms with Gasteiger partial charge in [-0.05, 0) is 56.3 Å². The molecule has 0 saturated carbocycles. The van der Waals surface area contributed by atoms with Crippen LogP contribution < -0.4 is 20.1 Å². The van der Waals surface area contributed by atoms with Crippen molar-refractivity contribution in [2.75, 3.05) is 18.9 Å². The van der Waals surface area contributed by atoms with Crippen LogP contribution in [0, 0.1) is 0 Å². The third kappa shape index (κ3) is 5.73. The predicted octanol–water partition coefficient (Wildman–Crippen LogP) is 4.56.